The van der Waals surface area contributed by atoms with E-state index in [1.165, 1.54) is 6.33 Å². The first-order chi connectivity index (χ1) is 15.1. The predicted molar refractivity (Wildman–Crippen MR) is 114 cm³/mol. The lowest BCUT2D eigenvalue weighted by Gasteiger charge is -2.38. The van der Waals surface area contributed by atoms with Gasteiger partial charge in [-0.2, -0.15) is 10.1 Å². The van der Waals surface area contributed by atoms with Crippen LogP contribution in [0.25, 0.3) is 5.69 Å². The number of aromatic nitrogens is 5. The maximum atomic E-state index is 13.4. The van der Waals surface area contributed by atoms with Crippen LogP contribution < -0.4 is 4.90 Å². The summed E-state index contributed by atoms with van der Waals surface area (Å²) in [6.45, 7) is 5.73. The summed E-state index contributed by atoms with van der Waals surface area (Å²) < 4.78 is 7.14. The molecule has 1 saturated heterocycles. The zero-order valence-corrected chi connectivity index (χ0v) is 17.9. The molecule has 2 aliphatic rings. The van der Waals surface area contributed by atoms with Gasteiger partial charge in [0.05, 0.1) is 5.69 Å². The molecule has 9 nitrogen and oxygen atoms in total. The molecule has 1 aliphatic heterocycles. The summed E-state index contributed by atoms with van der Waals surface area (Å²) in [5, 5.41) is 8.21. The summed E-state index contributed by atoms with van der Waals surface area (Å²) in [4.78, 5) is 26.1. The van der Waals surface area contributed by atoms with Crippen molar-refractivity contribution in [2.45, 2.75) is 57.5 Å². The van der Waals surface area contributed by atoms with E-state index >= 15 is 0 Å². The summed E-state index contributed by atoms with van der Waals surface area (Å²) in [5.41, 5.74) is 1.61. The van der Waals surface area contributed by atoms with Crippen molar-refractivity contribution in [2.75, 3.05) is 18.0 Å². The Balaban J connectivity index is 1.26. The highest BCUT2D eigenvalue weighted by atomic mass is 16.5. The number of piperidine rings is 1. The molecule has 1 aliphatic carbocycles. The molecule has 2 aromatic heterocycles. The Morgan fingerprint density at radius 3 is 2.39 bits per heavy atom. The molecule has 5 rings (SSSR count). The van der Waals surface area contributed by atoms with E-state index in [0.29, 0.717) is 12.1 Å². The molecular formula is C22H27N7O2. The van der Waals surface area contributed by atoms with Crippen LogP contribution in [0, 0.1) is 0 Å². The summed E-state index contributed by atoms with van der Waals surface area (Å²) >= 11 is 0. The number of anilines is 1. The highest BCUT2D eigenvalue weighted by Crippen LogP contribution is 2.34. The molecule has 0 spiro atoms. The number of hydrogen-bond acceptors (Lipinski definition) is 7. The Hall–Kier alpha value is -3.23. The predicted octanol–water partition coefficient (Wildman–Crippen LogP) is 3.05. The van der Waals surface area contributed by atoms with Crippen LogP contribution >= 0.6 is 0 Å². The van der Waals surface area contributed by atoms with Crippen LogP contribution in [0.3, 0.4) is 0 Å². The van der Waals surface area contributed by atoms with E-state index in [4.69, 9.17) is 4.52 Å². The standard InChI is InChI=1S/C22H27N7O2/c1-15(2)20-25-22(31-26-20)27-11-9-19(10-12-27)29(18-7-8-18)21(30)16-3-5-17(6-4-16)28-14-23-13-24-28/h3-6,13-15,18-19H,7-12H2,1-2H3. The number of carbonyl (C=O) groups excluding carboxylic acids is 1. The van der Waals surface area contributed by atoms with Gasteiger partial charge in [-0.15, -0.1) is 0 Å². The first-order valence-corrected chi connectivity index (χ1v) is 11.0. The topological polar surface area (TPSA) is 93.2 Å². The van der Waals surface area contributed by atoms with Crippen molar-refractivity contribution < 1.29 is 9.32 Å². The molecule has 162 valence electrons. The number of amides is 1. The van der Waals surface area contributed by atoms with E-state index in [2.05, 4.69) is 43.9 Å². The Morgan fingerprint density at radius 2 is 1.81 bits per heavy atom. The van der Waals surface area contributed by atoms with Crippen molar-refractivity contribution in [3.05, 3.63) is 48.3 Å². The molecule has 1 saturated carbocycles. The minimum atomic E-state index is 0.117. The van der Waals surface area contributed by atoms with Gasteiger partial charge in [0.15, 0.2) is 5.82 Å². The molecule has 2 fully saturated rings. The van der Waals surface area contributed by atoms with Crippen LogP contribution in [-0.4, -0.2) is 60.9 Å². The van der Waals surface area contributed by atoms with Crippen molar-refractivity contribution in [3.63, 3.8) is 0 Å². The zero-order chi connectivity index (χ0) is 21.4. The normalized spacial score (nSPS) is 17.3. The van der Waals surface area contributed by atoms with Gasteiger partial charge in [0, 0.05) is 36.7 Å². The first kappa shape index (κ1) is 19.7. The van der Waals surface area contributed by atoms with Gasteiger partial charge in [0.25, 0.3) is 5.91 Å². The SMILES string of the molecule is CC(C)c1noc(N2CCC(N(C(=O)c3ccc(-n4cncn4)cc3)C3CC3)CC2)n1. The number of nitrogens with zero attached hydrogens (tertiary/aromatic N) is 7. The second kappa shape index (κ2) is 8.13. The molecule has 9 heteroatoms. The number of benzene rings is 1. The maximum absolute atomic E-state index is 13.4. The van der Waals surface area contributed by atoms with Gasteiger partial charge in [-0.1, -0.05) is 19.0 Å². The van der Waals surface area contributed by atoms with Crippen molar-refractivity contribution in [1.82, 2.24) is 29.8 Å². The minimum absolute atomic E-state index is 0.117. The Morgan fingerprint density at radius 1 is 1.10 bits per heavy atom. The molecule has 0 N–H and O–H groups in total. The summed E-state index contributed by atoms with van der Waals surface area (Å²) in [7, 11) is 0. The molecule has 3 aromatic rings. The second-order valence-corrected chi connectivity index (χ2v) is 8.64. The van der Waals surface area contributed by atoms with Crippen LogP contribution in [0.15, 0.2) is 41.4 Å². The Bertz CT molecular complexity index is 1020. The van der Waals surface area contributed by atoms with Gasteiger partial charge < -0.3 is 14.3 Å². The smallest absolute Gasteiger partial charge is 0.324 e. The van der Waals surface area contributed by atoms with E-state index in [1.54, 1.807) is 11.0 Å². The van der Waals surface area contributed by atoms with E-state index in [9.17, 15) is 4.79 Å². The Labute approximate surface area is 181 Å². The van der Waals surface area contributed by atoms with Crippen molar-refractivity contribution in [3.8, 4) is 5.69 Å². The fraction of sp³-hybridized carbons (Fsp3) is 0.500. The summed E-state index contributed by atoms with van der Waals surface area (Å²) in [6.07, 6.45) is 7.12. The molecule has 1 amide bonds. The fourth-order valence-electron chi connectivity index (χ4n) is 4.15. The molecule has 0 atom stereocenters. The third-order valence-corrected chi connectivity index (χ3v) is 6.05. The highest BCUT2D eigenvalue weighted by molar-refractivity contribution is 5.95. The number of carbonyl (C=O) groups is 1. The Kier molecular flexibility index (Phi) is 5.17. The van der Waals surface area contributed by atoms with E-state index in [-0.39, 0.29) is 17.9 Å². The number of hydrogen-bond donors (Lipinski definition) is 0. The van der Waals surface area contributed by atoms with Crippen LogP contribution in [0.5, 0.6) is 0 Å². The lowest BCUT2D eigenvalue weighted by molar-refractivity contribution is 0.0629. The van der Waals surface area contributed by atoms with E-state index in [1.807, 2.05) is 24.3 Å². The fourth-order valence-corrected chi connectivity index (χ4v) is 4.15. The third kappa shape index (κ3) is 4.04. The van der Waals surface area contributed by atoms with Gasteiger partial charge in [-0.05, 0) is 49.9 Å². The summed E-state index contributed by atoms with van der Waals surface area (Å²) in [5.74, 6) is 1.10. The van der Waals surface area contributed by atoms with Gasteiger partial charge in [0.2, 0.25) is 0 Å². The monoisotopic (exact) mass is 421 g/mol. The lowest BCUT2D eigenvalue weighted by atomic mass is 10.0. The molecule has 0 unspecified atom stereocenters. The molecule has 31 heavy (non-hydrogen) atoms. The van der Waals surface area contributed by atoms with Crippen LogP contribution in [0.2, 0.25) is 0 Å². The lowest BCUT2D eigenvalue weighted by Crippen LogP contribution is -2.48. The van der Waals surface area contributed by atoms with Gasteiger partial charge in [-0.25, -0.2) is 9.67 Å². The largest absolute Gasteiger partial charge is 0.333 e. The molecule has 1 aromatic carbocycles. The highest BCUT2D eigenvalue weighted by Gasteiger charge is 2.39. The average Bonchev–Trinajstić information content (AvgIpc) is 3.27. The summed E-state index contributed by atoms with van der Waals surface area (Å²) in [6, 6.07) is 8.78. The molecule has 0 radical (unpaired) electrons. The van der Waals surface area contributed by atoms with E-state index < -0.39 is 0 Å². The van der Waals surface area contributed by atoms with Crippen LogP contribution in [0.4, 0.5) is 6.01 Å². The van der Waals surface area contributed by atoms with Crippen LogP contribution in [0.1, 0.15) is 61.6 Å². The van der Waals surface area contributed by atoms with Crippen molar-refractivity contribution in [1.29, 1.82) is 0 Å². The maximum Gasteiger partial charge on any atom is 0.324 e. The van der Waals surface area contributed by atoms with Crippen LogP contribution in [-0.2, 0) is 0 Å². The second-order valence-electron chi connectivity index (χ2n) is 8.64. The van der Waals surface area contributed by atoms with E-state index in [0.717, 1.165) is 55.8 Å². The number of rotatable bonds is 6. The minimum Gasteiger partial charge on any atom is -0.333 e. The molecule has 0 bridgehead atoms. The quantitative estimate of drug-likeness (QED) is 0.604. The molecular weight excluding hydrogens is 394 g/mol. The first-order valence-electron chi connectivity index (χ1n) is 11.0. The van der Waals surface area contributed by atoms with Crippen molar-refractivity contribution in [2.24, 2.45) is 0 Å². The zero-order valence-electron chi connectivity index (χ0n) is 17.9. The van der Waals surface area contributed by atoms with Gasteiger partial charge >= 0.3 is 6.01 Å². The van der Waals surface area contributed by atoms with Crippen molar-refractivity contribution >= 4 is 11.9 Å². The molecule has 3 heterocycles. The van der Waals surface area contributed by atoms with Gasteiger partial charge in [-0.3, -0.25) is 4.79 Å². The average molecular weight is 422 g/mol. The third-order valence-electron chi connectivity index (χ3n) is 6.05. The van der Waals surface area contributed by atoms with Gasteiger partial charge in [0.1, 0.15) is 12.7 Å².